The number of pyridine rings is 1. The Hall–Kier alpha value is -4.92. The molecule has 3 amide bonds. The fourth-order valence-corrected chi connectivity index (χ4v) is 7.40. The third-order valence-electron chi connectivity index (χ3n) is 10.9. The molecule has 0 spiro atoms. The second kappa shape index (κ2) is 23.0. The summed E-state index contributed by atoms with van der Waals surface area (Å²) in [7, 11) is 1.98. The first-order valence-corrected chi connectivity index (χ1v) is 21.0. The first-order chi connectivity index (χ1) is 28.6. The largest absolute Gasteiger partial charge is 0.378 e. The number of anilines is 2. The molecule has 1 heterocycles. The molecule has 59 heavy (non-hydrogen) atoms. The number of aromatic nitrogens is 1. The van der Waals surface area contributed by atoms with Crippen LogP contribution in [0.5, 0.6) is 0 Å². The standard InChI is InChI=1S/C46H63N7O6/c1-5-53(6-2)37-16-17-41(39(32-37)42-31-35(18-21-48-42)44(55)50-40-15-9-12-34-11-7-8-14-38(34)40)51-45(56)46(3)19-10-13-36(33-46)43(54)49-22-23-52(4)24-26-58-28-30-59-29-27-57-25-20-47/h7-8,10-11,13-14,16-19,21,31-32,40H,5-6,9,12,15,20,22-30,33,47H2,1-4H3,(H,49,54)(H,50,55)(H,51,56). The van der Waals surface area contributed by atoms with Crippen LogP contribution in [0.25, 0.3) is 11.3 Å². The van der Waals surface area contributed by atoms with E-state index in [-0.39, 0.29) is 30.2 Å². The summed E-state index contributed by atoms with van der Waals surface area (Å²) in [6.45, 7) is 13.0. The Morgan fingerprint density at radius 2 is 1.66 bits per heavy atom. The lowest BCUT2D eigenvalue weighted by atomic mass is 9.79. The average molecular weight is 810 g/mol. The Kier molecular flexibility index (Phi) is 17.6. The van der Waals surface area contributed by atoms with Crippen molar-refractivity contribution in [1.29, 1.82) is 0 Å². The van der Waals surface area contributed by atoms with Crippen LogP contribution in [-0.2, 0) is 30.2 Å². The van der Waals surface area contributed by atoms with Crippen molar-refractivity contribution in [2.45, 2.75) is 52.5 Å². The number of allylic oxidation sites excluding steroid dienone is 2. The number of amides is 3. The summed E-state index contributed by atoms with van der Waals surface area (Å²) in [5.41, 5.74) is 10.7. The number of hydrogen-bond donors (Lipinski definition) is 4. The van der Waals surface area contributed by atoms with Gasteiger partial charge in [0.05, 0.1) is 62.5 Å². The number of carbonyl (C=O) groups excluding carboxylic acids is 3. The van der Waals surface area contributed by atoms with E-state index in [2.05, 4.69) is 51.7 Å². The average Bonchev–Trinajstić information content (AvgIpc) is 3.25. The number of nitrogens with zero attached hydrogens (tertiary/aromatic N) is 3. The monoisotopic (exact) mass is 809 g/mol. The van der Waals surface area contributed by atoms with Crippen LogP contribution in [0.3, 0.4) is 0 Å². The molecule has 0 bridgehead atoms. The van der Waals surface area contributed by atoms with Gasteiger partial charge in [0.2, 0.25) is 11.8 Å². The molecule has 0 saturated heterocycles. The number of aryl methyl sites for hydroxylation is 1. The summed E-state index contributed by atoms with van der Waals surface area (Å²) >= 11 is 0. The van der Waals surface area contributed by atoms with E-state index in [0.29, 0.717) is 93.9 Å². The lowest BCUT2D eigenvalue weighted by Gasteiger charge is -2.29. The molecule has 2 atom stereocenters. The maximum absolute atomic E-state index is 14.2. The Morgan fingerprint density at radius 3 is 2.42 bits per heavy atom. The summed E-state index contributed by atoms with van der Waals surface area (Å²) in [6.07, 6.45) is 10.2. The number of benzene rings is 2. The van der Waals surface area contributed by atoms with Crippen molar-refractivity contribution in [1.82, 2.24) is 20.5 Å². The van der Waals surface area contributed by atoms with Crippen LogP contribution >= 0.6 is 0 Å². The van der Waals surface area contributed by atoms with Gasteiger partial charge in [0.25, 0.3) is 5.91 Å². The van der Waals surface area contributed by atoms with Crippen molar-refractivity contribution in [3.63, 3.8) is 0 Å². The van der Waals surface area contributed by atoms with Crippen molar-refractivity contribution in [2.24, 2.45) is 11.1 Å². The summed E-state index contributed by atoms with van der Waals surface area (Å²) in [5, 5.41) is 9.44. The normalized spacial score (nSPS) is 17.3. The van der Waals surface area contributed by atoms with Gasteiger partial charge in [0, 0.05) is 67.9 Å². The van der Waals surface area contributed by atoms with Crippen molar-refractivity contribution < 1.29 is 28.6 Å². The first-order valence-electron chi connectivity index (χ1n) is 21.0. The predicted molar refractivity (Wildman–Crippen MR) is 233 cm³/mol. The van der Waals surface area contributed by atoms with E-state index in [0.717, 1.165) is 38.0 Å². The lowest BCUT2D eigenvalue weighted by Crippen LogP contribution is -2.38. The minimum Gasteiger partial charge on any atom is -0.378 e. The number of carbonyl (C=O) groups is 3. The molecule has 318 valence electrons. The predicted octanol–water partition coefficient (Wildman–Crippen LogP) is 5.29. The van der Waals surface area contributed by atoms with Crippen LogP contribution in [0.2, 0.25) is 0 Å². The van der Waals surface area contributed by atoms with Crippen LogP contribution in [0.4, 0.5) is 11.4 Å². The van der Waals surface area contributed by atoms with Gasteiger partial charge in [-0.25, -0.2) is 0 Å². The fourth-order valence-electron chi connectivity index (χ4n) is 7.40. The minimum absolute atomic E-state index is 0.0586. The zero-order chi connectivity index (χ0) is 42.0. The number of ether oxygens (including phenoxy) is 3. The van der Waals surface area contributed by atoms with Crippen LogP contribution in [-0.4, -0.2) is 114 Å². The van der Waals surface area contributed by atoms with E-state index in [4.69, 9.17) is 24.9 Å². The second-order valence-corrected chi connectivity index (χ2v) is 15.2. The van der Waals surface area contributed by atoms with Gasteiger partial charge in [-0.1, -0.05) is 42.5 Å². The minimum atomic E-state index is -0.989. The second-order valence-electron chi connectivity index (χ2n) is 15.2. The van der Waals surface area contributed by atoms with Gasteiger partial charge in [-0.2, -0.15) is 0 Å². The molecule has 5 rings (SSSR count). The Morgan fingerprint density at radius 1 is 0.915 bits per heavy atom. The van der Waals surface area contributed by atoms with E-state index >= 15 is 0 Å². The molecule has 0 aliphatic heterocycles. The molecular formula is C46H63N7O6. The third-order valence-corrected chi connectivity index (χ3v) is 10.9. The summed E-state index contributed by atoms with van der Waals surface area (Å²) in [4.78, 5) is 50.2. The summed E-state index contributed by atoms with van der Waals surface area (Å²) in [6, 6.07) is 17.7. The molecule has 13 nitrogen and oxygen atoms in total. The number of fused-ring (bicyclic) bond motifs is 1. The molecule has 2 unspecified atom stereocenters. The molecule has 3 aromatic rings. The van der Waals surface area contributed by atoms with Gasteiger partial charge in [-0.15, -0.1) is 0 Å². The van der Waals surface area contributed by atoms with Gasteiger partial charge < -0.3 is 45.7 Å². The smallest absolute Gasteiger partial charge is 0.251 e. The molecule has 13 heteroatoms. The first kappa shape index (κ1) is 45.2. The molecule has 2 aliphatic rings. The molecule has 2 aliphatic carbocycles. The van der Waals surface area contributed by atoms with Gasteiger partial charge in [-0.05, 0) is 95.0 Å². The van der Waals surface area contributed by atoms with E-state index in [9.17, 15) is 14.4 Å². The SMILES string of the molecule is CCN(CC)c1ccc(NC(=O)C2(C)C=CC=C(C(=O)NCCN(C)CCOCCOCCOCCN)C2)c(-c2cc(C(=O)NC3CCCc4ccccc43)ccn2)c1. The third kappa shape index (κ3) is 13.0. The lowest BCUT2D eigenvalue weighted by molar-refractivity contribution is -0.123. The number of nitrogens with one attached hydrogen (secondary N) is 3. The number of hydrogen-bond acceptors (Lipinski definition) is 10. The number of likely N-dealkylation sites (N-methyl/N-ethyl adjacent to an activating group) is 1. The Bertz CT molecular complexity index is 1910. The van der Waals surface area contributed by atoms with Crippen LogP contribution in [0.1, 0.15) is 67.6 Å². The fraction of sp³-hybridized carbons (Fsp3) is 0.478. The van der Waals surface area contributed by atoms with Crippen molar-refractivity contribution >= 4 is 29.1 Å². The van der Waals surface area contributed by atoms with Gasteiger partial charge in [-0.3, -0.25) is 19.4 Å². The van der Waals surface area contributed by atoms with E-state index in [1.807, 2.05) is 50.4 Å². The highest BCUT2D eigenvalue weighted by atomic mass is 16.5. The highest BCUT2D eigenvalue weighted by molar-refractivity contribution is 6.03. The van der Waals surface area contributed by atoms with Crippen LogP contribution < -0.4 is 26.6 Å². The van der Waals surface area contributed by atoms with E-state index in [1.165, 1.54) is 11.1 Å². The van der Waals surface area contributed by atoms with Crippen molar-refractivity contribution in [2.75, 3.05) is 96.2 Å². The number of rotatable bonds is 23. The molecule has 0 fully saturated rings. The van der Waals surface area contributed by atoms with E-state index < -0.39 is 5.41 Å². The maximum atomic E-state index is 14.2. The zero-order valence-electron chi connectivity index (χ0n) is 35.3. The summed E-state index contributed by atoms with van der Waals surface area (Å²) < 4.78 is 16.4. The molecule has 2 aromatic carbocycles. The van der Waals surface area contributed by atoms with Crippen LogP contribution in [0, 0.1) is 5.41 Å². The quantitative estimate of drug-likeness (QED) is 0.0928. The van der Waals surface area contributed by atoms with Gasteiger partial charge in [0.15, 0.2) is 0 Å². The Labute approximate surface area is 349 Å². The zero-order valence-corrected chi connectivity index (χ0v) is 35.3. The molecule has 1 aromatic heterocycles. The van der Waals surface area contributed by atoms with E-state index in [1.54, 1.807) is 30.5 Å². The van der Waals surface area contributed by atoms with Crippen molar-refractivity contribution in [3.8, 4) is 11.3 Å². The molecule has 0 radical (unpaired) electrons. The maximum Gasteiger partial charge on any atom is 0.251 e. The summed E-state index contributed by atoms with van der Waals surface area (Å²) in [5.74, 6) is -0.623. The number of nitrogens with two attached hydrogens (primary N) is 1. The Balaban J connectivity index is 1.18. The highest BCUT2D eigenvalue weighted by Gasteiger charge is 2.35. The molecular weight excluding hydrogens is 747 g/mol. The highest BCUT2D eigenvalue weighted by Crippen LogP contribution is 2.37. The van der Waals surface area contributed by atoms with Gasteiger partial charge >= 0.3 is 0 Å². The molecule has 5 N–H and O–H groups in total. The molecule has 0 saturated carbocycles. The van der Waals surface area contributed by atoms with Crippen LogP contribution in [0.15, 0.2) is 84.6 Å². The van der Waals surface area contributed by atoms with Gasteiger partial charge in [0.1, 0.15) is 0 Å². The topological polar surface area (TPSA) is 160 Å². The van der Waals surface area contributed by atoms with Crippen molar-refractivity contribution in [3.05, 3.63) is 101 Å².